The van der Waals surface area contributed by atoms with Gasteiger partial charge in [-0.15, -0.1) is 0 Å². The molecule has 0 atom stereocenters. The van der Waals surface area contributed by atoms with Crippen LogP contribution in [0.5, 0.6) is 0 Å². The van der Waals surface area contributed by atoms with Crippen molar-refractivity contribution in [3.8, 4) is 6.07 Å². The van der Waals surface area contributed by atoms with E-state index in [2.05, 4.69) is 16.3 Å². The van der Waals surface area contributed by atoms with E-state index in [1.165, 1.54) is 12.8 Å². The number of anilines is 1. The Bertz CT molecular complexity index is 445. The van der Waals surface area contributed by atoms with Gasteiger partial charge in [0.15, 0.2) is 0 Å². The number of hydrogen-bond acceptors (Lipinski definition) is 3. The van der Waals surface area contributed by atoms with E-state index in [1.54, 1.807) is 6.07 Å². The van der Waals surface area contributed by atoms with Crippen LogP contribution in [-0.4, -0.2) is 26.7 Å². The first-order valence-electron chi connectivity index (χ1n) is 6.33. The highest BCUT2D eigenvalue weighted by Gasteiger charge is 2.19. The van der Waals surface area contributed by atoms with Crippen molar-refractivity contribution in [2.75, 3.05) is 31.6 Å². The fraction of sp³-hybridized carbons (Fsp3) is 0.500. The van der Waals surface area contributed by atoms with Gasteiger partial charge in [0.05, 0.1) is 10.6 Å². The quantitative estimate of drug-likeness (QED) is 0.911. The highest BCUT2D eigenvalue weighted by molar-refractivity contribution is 6.32. The molecule has 1 aliphatic rings. The molecule has 1 aromatic carbocycles. The van der Waals surface area contributed by atoms with Gasteiger partial charge in [0.25, 0.3) is 0 Å². The summed E-state index contributed by atoms with van der Waals surface area (Å²) in [6.07, 6.45) is 2.41. The number of hydrogen-bond donors (Lipinski definition) is 1. The number of nitriles is 1. The lowest BCUT2D eigenvalue weighted by atomic mass is 9.96. The van der Waals surface area contributed by atoms with Crippen molar-refractivity contribution in [3.05, 3.63) is 28.8 Å². The number of benzene rings is 1. The van der Waals surface area contributed by atoms with Gasteiger partial charge in [-0.2, -0.15) is 5.26 Å². The molecule has 0 aliphatic carbocycles. The number of rotatable bonds is 3. The summed E-state index contributed by atoms with van der Waals surface area (Å²) in [6.45, 7) is 3.23. The van der Waals surface area contributed by atoms with Crippen LogP contribution in [0.1, 0.15) is 18.4 Å². The van der Waals surface area contributed by atoms with Crippen LogP contribution in [-0.2, 0) is 0 Å². The highest BCUT2D eigenvalue weighted by atomic mass is 35.5. The van der Waals surface area contributed by atoms with Crippen LogP contribution in [0.25, 0.3) is 0 Å². The number of nitrogens with zero attached hydrogens (tertiary/aromatic N) is 2. The minimum absolute atomic E-state index is 0.547. The maximum absolute atomic E-state index is 8.86. The van der Waals surface area contributed by atoms with Gasteiger partial charge in [-0.3, -0.25) is 0 Å². The molecule has 1 N–H and O–H groups in total. The van der Waals surface area contributed by atoms with E-state index < -0.39 is 0 Å². The van der Waals surface area contributed by atoms with Gasteiger partial charge in [-0.1, -0.05) is 11.6 Å². The molecule has 1 fully saturated rings. The number of piperidine rings is 1. The van der Waals surface area contributed by atoms with Crippen LogP contribution in [0.15, 0.2) is 18.2 Å². The van der Waals surface area contributed by atoms with Gasteiger partial charge in [0.2, 0.25) is 0 Å². The fourth-order valence-electron chi connectivity index (χ4n) is 2.48. The Morgan fingerprint density at radius 1 is 1.44 bits per heavy atom. The molecule has 1 aromatic rings. The Kier molecular flexibility index (Phi) is 4.46. The van der Waals surface area contributed by atoms with Crippen molar-refractivity contribution in [1.29, 1.82) is 5.26 Å². The van der Waals surface area contributed by atoms with Gasteiger partial charge < -0.3 is 10.2 Å². The third-order valence-corrected chi connectivity index (χ3v) is 3.86. The van der Waals surface area contributed by atoms with Crippen LogP contribution >= 0.6 is 11.6 Å². The van der Waals surface area contributed by atoms with E-state index in [4.69, 9.17) is 16.9 Å². The molecule has 0 unspecified atom stereocenters. The Balaban J connectivity index is 2.02. The van der Waals surface area contributed by atoms with Gasteiger partial charge in [0.1, 0.15) is 6.07 Å². The summed E-state index contributed by atoms with van der Waals surface area (Å²) in [5, 5.41) is 12.6. The van der Waals surface area contributed by atoms with Crippen LogP contribution in [0.4, 0.5) is 5.69 Å². The summed E-state index contributed by atoms with van der Waals surface area (Å²) in [5.41, 5.74) is 1.67. The van der Waals surface area contributed by atoms with Crippen LogP contribution in [0.2, 0.25) is 5.02 Å². The summed E-state index contributed by atoms with van der Waals surface area (Å²) in [7, 11) is 2.01. The van der Waals surface area contributed by atoms with Crippen LogP contribution < -0.4 is 10.2 Å². The molecule has 0 spiro atoms. The Hall–Kier alpha value is -1.24. The zero-order valence-electron chi connectivity index (χ0n) is 10.6. The van der Waals surface area contributed by atoms with Crippen molar-refractivity contribution in [1.82, 2.24) is 5.32 Å². The minimum Gasteiger partial charge on any atom is -0.371 e. The third kappa shape index (κ3) is 2.95. The largest absolute Gasteiger partial charge is 0.371 e. The van der Waals surface area contributed by atoms with Crippen molar-refractivity contribution < 1.29 is 0 Å². The number of nitrogens with one attached hydrogen (secondary N) is 1. The molecule has 96 valence electrons. The van der Waals surface area contributed by atoms with Gasteiger partial charge >= 0.3 is 0 Å². The lowest BCUT2D eigenvalue weighted by Gasteiger charge is -2.33. The van der Waals surface area contributed by atoms with Crippen LogP contribution in [0.3, 0.4) is 0 Å². The molecule has 1 aliphatic heterocycles. The predicted molar refractivity (Wildman–Crippen MR) is 75.0 cm³/mol. The van der Waals surface area contributed by atoms with Gasteiger partial charge in [-0.25, -0.2) is 0 Å². The average molecular weight is 264 g/mol. The summed E-state index contributed by atoms with van der Waals surface area (Å²) in [4.78, 5) is 2.35. The zero-order chi connectivity index (χ0) is 13.0. The summed E-state index contributed by atoms with van der Waals surface area (Å²) in [6, 6.07) is 7.78. The highest BCUT2D eigenvalue weighted by Crippen LogP contribution is 2.27. The topological polar surface area (TPSA) is 39.1 Å². The molecule has 4 heteroatoms. The SMILES string of the molecule is CNCC1CCN(c2ccc(C#N)c(Cl)c2)CC1. The maximum Gasteiger partial charge on any atom is 0.101 e. The summed E-state index contributed by atoms with van der Waals surface area (Å²) >= 11 is 6.07. The molecule has 3 nitrogen and oxygen atoms in total. The zero-order valence-corrected chi connectivity index (χ0v) is 11.4. The van der Waals surface area contributed by atoms with E-state index in [9.17, 15) is 0 Å². The van der Waals surface area contributed by atoms with E-state index >= 15 is 0 Å². The van der Waals surface area contributed by atoms with E-state index in [0.717, 1.165) is 31.2 Å². The molecule has 0 saturated carbocycles. The lowest BCUT2D eigenvalue weighted by molar-refractivity contribution is 0.393. The molecule has 1 saturated heterocycles. The first-order valence-corrected chi connectivity index (χ1v) is 6.71. The molecule has 0 radical (unpaired) electrons. The van der Waals surface area contributed by atoms with Crippen molar-refractivity contribution >= 4 is 17.3 Å². The molecule has 0 aromatic heterocycles. The van der Waals surface area contributed by atoms with Gasteiger partial charge in [0, 0.05) is 18.8 Å². The van der Waals surface area contributed by atoms with Crippen LogP contribution in [0, 0.1) is 17.2 Å². The summed E-state index contributed by atoms with van der Waals surface area (Å²) in [5.74, 6) is 0.778. The molecule has 1 heterocycles. The second-order valence-electron chi connectivity index (χ2n) is 4.76. The monoisotopic (exact) mass is 263 g/mol. The first-order chi connectivity index (χ1) is 8.74. The normalized spacial score (nSPS) is 16.6. The van der Waals surface area contributed by atoms with Crippen molar-refractivity contribution in [2.45, 2.75) is 12.8 Å². The van der Waals surface area contributed by atoms with Gasteiger partial charge in [-0.05, 0) is 50.6 Å². The average Bonchev–Trinajstić information content (AvgIpc) is 2.40. The van der Waals surface area contributed by atoms with E-state index in [-0.39, 0.29) is 0 Å². The molecule has 2 rings (SSSR count). The Morgan fingerprint density at radius 3 is 2.72 bits per heavy atom. The van der Waals surface area contributed by atoms with E-state index in [1.807, 2.05) is 19.2 Å². The maximum atomic E-state index is 8.86. The molecule has 0 amide bonds. The minimum atomic E-state index is 0.547. The van der Waals surface area contributed by atoms with Crippen molar-refractivity contribution in [2.24, 2.45) is 5.92 Å². The Morgan fingerprint density at radius 2 is 2.17 bits per heavy atom. The molecule has 0 bridgehead atoms. The second kappa shape index (κ2) is 6.08. The second-order valence-corrected chi connectivity index (χ2v) is 5.17. The number of halogens is 1. The third-order valence-electron chi connectivity index (χ3n) is 3.55. The van der Waals surface area contributed by atoms with E-state index in [0.29, 0.717) is 10.6 Å². The molecular weight excluding hydrogens is 246 g/mol. The first kappa shape index (κ1) is 13.2. The smallest absolute Gasteiger partial charge is 0.101 e. The summed E-state index contributed by atoms with van der Waals surface area (Å²) < 4.78 is 0. The Labute approximate surface area is 113 Å². The molecular formula is C14H18ClN3. The van der Waals surface area contributed by atoms with Crippen molar-refractivity contribution in [3.63, 3.8) is 0 Å². The molecule has 18 heavy (non-hydrogen) atoms. The standard InChI is InChI=1S/C14H18ClN3/c1-17-10-11-4-6-18(7-5-11)13-3-2-12(9-16)14(15)8-13/h2-3,8,11,17H,4-7,10H2,1H3. The predicted octanol–water partition coefficient (Wildman–Crippen LogP) is 2.65. The fourth-order valence-corrected chi connectivity index (χ4v) is 2.69. The lowest BCUT2D eigenvalue weighted by Crippen LogP contribution is -2.36.